The van der Waals surface area contributed by atoms with Crippen LogP contribution in [0.25, 0.3) is 5.69 Å². The molecule has 1 unspecified atom stereocenters. The molecule has 1 aromatic heterocycles. The minimum atomic E-state index is -0.554. The fourth-order valence-electron chi connectivity index (χ4n) is 3.55. The molecule has 1 atom stereocenters. The van der Waals surface area contributed by atoms with Gasteiger partial charge in [0.05, 0.1) is 47.2 Å². The lowest BCUT2D eigenvalue weighted by Gasteiger charge is -2.21. The summed E-state index contributed by atoms with van der Waals surface area (Å²) in [4.78, 5) is 12.7. The van der Waals surface area contributed by atoms with Gasteiger partial charge in [-0.05, 0) is 67.9 Å². The monoisotopic (exact) mass is 477 g/mol. The van der Waals surface area contributed by atoms with E-state index in [0.717, 1.165) is 32.8 Å². The quantitative estimate of drug-likeness (QED) is 0.509. The number of benzene rings is 2. The molecule has 1 aliphatic heterocycles. The van der Waals surface area contributed by atoms with E-state index in [2.05, 4.69) is 27.1 Å². The first-order valence-corrected chi connectivity index (χ1v) is 10.7. The second-order valence-corrected chi connectivity index (χ2v) is 7.99. The number of nitrogens with zero attached hydrogens (tertiary/aromatic N) is 5. The summed E-state index contributed by atoms with van der Waals surface area (Å²) < 4.78 is 8.03. The van der Waals surface area contributed by atoms with E-state index in [1.54, 1.807) is 28.9 Å². The highest BCUT2D eigenvalue weighted by Crippen LogP contribution is 2.29. The Morgan fingerprint density at radius 1 is 1.23 bits per heavy atom. The molecule has 8 heteroatoms. The average Bonchev–Trinajstić information content (AvgIpc) is 3.42. The number of hydrazone groups is 1. The number of aryl methyl sites for hydroxylation is 1. The van der Waals surface area contributed by atoms with Crippen LogP contribution in [0.3, 0.4) is 0 Å². The highest BCUT2D eigenvalue weighted by atomic mass is 79.9. The molecule has 3 aromatic rings. The highest BCUT2D eigenvalue weighted by molar-refractivity contribution is 9.10. The van der Waals surface area contributed by atoms with E-state index in [0.29, 0.717) is 18.6 Å². The topological polar surface area (TPSA) is 83.5 Å². The number of halogens is 1. The molecular formula is C23H20BrN5O2. The summed E-state index contributed by atoms with van der Waals surface area (Å²) >= 11 is 3.44. The van der Waals surface area contributed by atoms with E-state index in [4.69, 9.17) is 9.84 Å². The maximum atomic E-state index is 12.7. The van der Waals surface area contributed by atoms with Gasteiger partial charge in [0.2, 0.25) is 0 Å². The third-order valence-corrected chi connectivity index (χ3v) is 5.60. The van der Waals surface area contributed by atoms with Crippen LogP contribution < -0.4 is 5.01 Å². The lowest BCUT2D eigenvalue weighted by molar-refractivity contribution is -0.144. The van der Waals surface area contributed by atoms with Gasteiger partial charge in [-0.2, -0.15) is 15.5 Å². The number of hydrogen-bond acceptors (Lipinski definition) is 6. The highest BCUT2D eigenvalue weighted by Gasteiger charge is 2.36. The summed E-state index contributed by atoms with van der Waals surface area (Å²) in [6.45, 7) is 3.99. The van der Waals surface area contributed by atoms with Crippen molar-refractivity contribution in [3.05, 3.63) is 76.0 Å². The number of hydrogen-bond donors (Lipinski definition) is 0. The van der Waals surface area contributed by atoms with Crippen LogP contribution in [0.15, 0.2) is 64.3 Å². The zero-order chi connectivity index (χ0) is 22.0. The van der Waals surface area contributed by atoms with Crippen LogP contribution in [0.2, 0.25) is 0 Å². The predicted octanol–water partition coefficient (Wildman–Crippen LogP) is 4.36. The Morgan fingerprint density at radius 2 is 1.97 bits per heavy atom. The molecule has 0 radical (unpaired) electrons. The van der Waals surface area contributed by atoms with Gasteiger partial charge in [-0.15, -0.1) is 0 Å². The molecule has 156 valence electrons. The summed E-state index contributed by atoms with van der Waals surface area (Å²) in [6, 6.07) is 16.7. The van der Waals surface area contributed by atoms with Gasteiger partial charge in [-0.25, -0.2) is 9.48 Å². The third-order valence-electron chi connectivity index (χ3n) is 5.07. The second-order valence-electron chi connectivity index (χ2n) is 7.08. The van der Waals surface area contributed by atoms with Crippen molar-refractivity contribution in [1.29, 1.82) is 5.26 Å². The largest absolute Gasteiger partial charge is 0.464 e. The molecule has 0 N–H and O–H groups in total. The second kappa shape index (κ2) is 8.74. The molecule has 0 aliphatic carbocycles. The van der Waals surface area contributed by atoms with Gasteiger partial charge in [0, 0.05) is 10.9 Å². The van der Waals surface area contributed by atoms with Gasteiger partial charge < -0.3 is 4.74 Å². The van der Waals surface area contributed by atoms with E-state index >= 15 is 0 Å². The first-order chi connectivity index (χ1) is 15.0. The maximum Gasteiger partial charge on any atom is 0.331 e. The predicted molar refractivity (Wildman–Crippen MR) is 121 cm³/mol. The molecule has 0 fully saturated rings. The number of ether oxygens (including phenoxy) is 1. The molecule has 0 saturated carbocycles. The third kappa shape index (κ3) is 4.09. The van der Waals surface area contributed by atoms with Crippen LogP contribution >= 0.6 is 15.9 Å². The lowest BCUT2D eigenvalue weighted by Crippen LogP contribution is -2.36. The van der Waals surface area contributed by atoms with Crippen molar-refractivity contribution >= 4 is 33.3 Å². The van der Waals surface area contributed by atoms with Crippen molar-refractivity contribution in [2.75, 3.05) is 11.6 Å². The lowest BCUT2D eigenvalue weighted by atomic mass is 10.1. The minimum absolute atomic E-state index is 0.307. The van der Waals surface area contributed by atoms with Crippen molar-refractivity contribution < 1.29 is 9.53 Å². The maximum absolute atomic E-state index is 12.7. The first-order valence-electron chi connectivity index (χ1n) is 9.86. The summed E-state index contributed by atoms with van der Waals surface area (Å²) in [5, 5.41) is 20.1. The molecule has 2 aromatic carbocycles. The number of carbonyl (C=O) groups is 1. The van der Waals surface area contributed by atoms with Crippen LogP contribution in [0.1, 0.15) is 30.2 Å². The van der Waals surface area contributed by atoms with Crippen molar-refractivity contribution in [3.8, 4) is 11.8 Å². The van der Waals surface area contributed by atoms with E-state index < -0.39 is 6.04 Å². The number of rotatable bonds is 5. The van der Waals surface area contributed by atoms with E-state index in [1.165, 1.54) is 0 Å². The standard InChI is InChI=1S/C23H20BrN5O2/c1-3-31-23(30)22-13-20(27-29(22)18-8-5-17(24)6-9-18)21-10-11-26-28(21)19-7-4-16(14-25)15(2)12-19/h4-12,22H,3,13H2,1-2H3. The minimum Gasteiger partial charge on any atom is -0.464 e. The van der Waals surface area contributed by atoms with Crippen molar-refractivity contribution in [1.82, 2.24) is 9.78 Å². The zero-order valence-electron chi connectivity index (χ0n) is 17.1. The molecule has 0 saturated heterocycles. The fraction of sp³-hybridized carbons (Fsp3) is 0.217. The van der Waals surface area contributed by atoms with Gasteiger partial charge in [-0.3, -0.25) is 5.01 Å². The normalized spacial score (nSPS) is 15.5. The first kappa shape index (κ1) is 20.8. The number of nitriles is 1. The number of aromatic nitrogens is 2. The Hall–Kier alpha value is -3.44. The van der Waals surface area contributed by atoms with Crippen molar-refractivity contribution in [2.24, 2.45) is 5.10 Å². The Morgan fingerprint density at radius 3 is 2.65 bits per heavy atom. The smallest absolute Gasteiger partial charge is 0.331 e. The Balaban J connectivity index is 1.73. The summed E-state index contributed by atoms with van der Waals surface area (Å²) in [6.07, 6.45) is 2.10. The Labute approximate surface area is 188 Å². The van der Waals surface area contributed by atoms with Crippen molar-refractivity contribution in [2.45, 2.75) is 26.3 Å². The summed E-state index contributed by atoms with van der Waals surface area (Å²) in [5.41, 5.74) is 4.65. The molecule has 0 spiro atoms. The van der Waals surface area contributed by atoms with E-state index in [1.807, 2.05) is 49.4 Å². The SMILES string of the molecule is CCOC(=O)C1CC(c2ccnn2-c2ccc(C#N)c(C)c2)=NN1c1ccc(Br)cc1. The van der Waals surface area contributed by atoms with E-state index in [9.17, 15) is 10.1 Å². The number of anilines is 1. The molecule has 4 rings (SSSR count). The van der Waals surface area contributed by atoms with Crippen molar-refractivity contribution in [3.63, 3.8) is 0 Å². The molecule has 0 amide bonds. The zero-order valence-corrected chi connectivity index (χ0v) is 18.7. The summed E-state index contributed by atoms with van der Waals surface area (Å²) in [7, 11) is 0. The van der Waals surface area contributed by atoms with Gasteiger partial charge in [0.1, 0.15) is 0 Å². The average molecular weight is 478 g/mol. The van der Waals surface area contributed by atoms with Gasteiger partial charge >= 0.3 is 5.97 Å². The van der Waals surface area contributed by atoms with Gasteiger partial charge in [-0.1, -0.05) is 15.9 Å². The molecule has 7 nitrogen and oxygen atoms in total. The van der Waals surface area contributed by atoms with Crippen LogP contribution in [-0.4, -0.2) is 34.1 Å². The van der Waals surface area contributed by atoms with Crippen LogP contribution in [-0.2, 0) is 9.53 Å². The Kier molecular flexibility index (Phi) is 5.87. The van der Waals surface area contributed by atoms with E-state index in [-0.39, 0.29) is 5.97 Å². The van der Waals surface area contributed by atoms with Crippen LogP contribution in [0.4, 0.5) is 5.69 Å². The molecule has 0 bridgehead atoms. The van der Waals surface area contributed by atoms with Gasteiger partial charge in [0.15, 0.2) is 6.04 Å². The van der Waals surface area contributed by atoms with Crippen LogP contribution in [0.5, 0.6) is 0 Å². The Bertz CT molecular complexity index is 1190. The van der Waals surface area contributed by atoms with Crippen LogP contribution in [0, 0.1) is 18.3 Å². The fourth-order valence-corrected chi connectivity index (χ4v) is 3.82. The molecular weight excluding hydrogens is 458 g/mol. The molecule has 31 heavy (non-hydrogen) atoms. The molecule has 2 heterocycles. The number of esters is 1. The van der Waals surface area contributed by atoms with Gasteiger partial charge in [0.25, 0.3) is 0 Å². The summed E-state index contributed by atoms with van der Waals surface area (Å²) in [5.74, 6) is -0.315. The molecule has 1 aliphatic rings. The number of carbonyl (C=O) groups excluding carboxylic acids is 1.